The van der Waals surface area contributed by atoms with Crippen LogP contribution in [0.2, 0.25) is 0 Å². The van der Waals surface area contributed by atoms with Crippen LogP contribution in [0.1, 0.15) is 15.9 Å². The number of likely N-dealkylation sites (tertiary alicyclic amines) is 1. The Hall–Kier alpha value is -1.95. The lowest BCUT2D eigenvalue weighted by Gasteiger charge is -2.35. The van der Waals surface area contributed by atoms with E-state index in [0.717, 1.165) is 0 Å². The number of benzene rings is 1. The van der Waals surface area contributed by atoms with E-state index in [1.807, 2.05) is 0 Å². The van der Waals surface area contributed by atoms with Crippen LogP contribution in [0.25, 0.3) is 0 Å². The first-order valence-corrected chi connectivity index (χ1v) is 5.21. The molecule has 1 fully saturated rings. The van der Waals surface area contributed by atoms with Crippen LogP contribution in [-0.4, -0.2) is 40.0 Å². The fourth-order valence-electron chi connectivity index (χ4n) is 1.80. The van der Waals surface area contributed by atoms with Gasteiger partial charge in [-0.05, 0) is 18.6 Å². The second kappa shape index (κ2) is 4.14. The van der Waals surface area contributed by atoms with E-state index in [9.17, 15) is 14.9 Å². The fourth-order valence-corrected chi connectivity index (χ4v) is 1.80. The van der Waals surface area contributed by atoms with Crippen molar-refractivity contribution in [1.29, 1.82) is 0 Å². The van der Waals surface area contributed by atoms with Crippen LogP contribution in [0.5, 0.6) is 0 Å². The van der Waals surface area contributed by atoms with Crippen LogP contribution in [0, 0.1) is 17.0 Å². The first kappa shape index (κ1) is 11.5. The van der Waals surface area contributed by atoms with Crippen molar-refractivity contribution in [2.24, 2.45) is 0 Å². The van der Waals surface area contributed by atoms with Gasteiger partial charge in [0.15, 0.2) is 0 Å². The van der Waals surface area contributed by atoms with Crippen LogP contribution < -0.4 is 0 Å². The number of aliphatic hydroxyl groups is 1. The Bertz CT molecular complexity index is 480. The number of β-amino-alcohol motifs (C(OH)–C–C–N with tert-alkyl or cyclic N) is 1. The summed E-state index contributed by atoms with van der Waals surface area (Å²) in [5.41, 5.74) is 0.877. The number of aliphatic hydroxyl groups excluding tert-OH is 1. The van der Waals surface area contributed by atoms with Gasteiger partial charge in [-0.15, -0.1) is 0 Å². The van der Waals surface area contributed by atoms with Gasteiger partial charge in [0, 0.05) is 30.8 Å². The summed E-state index contributed by atoms with van der Waals surface area (Å²) in [6.07, 6.45) is -0.473. The normalized spacial score (nSPS) is 15.5. The summed E-state index contributed by atoms with van der Waals surface area (Å²) in [4.78, 5) is 23.5. The van der Waals surface area contributed by atoms with Gasteiger partial charge in [0.25, 0.3) is 11.6 Å². The first-order chi connectivity index (χ1) is 7.97. The molecule has 0 bridgehead atoms. The molecular weight excluding hydrogens is 224 g/mol. The Kier molecular flexibility index (Phi) is 2.81. The molecule has 0 saturated carbocycles. The lowest BCUT2D eigenvalue weighted by Crippen LogP contribution is -2.53. The highest BCUT2D eigenvalue weighted by Gasteiger charge is 2.30. The number of hydrogen-bond donors (Lipinski definition) is 1. The number of amides is 1. The molecular formula is C11H12N2O4. The molecule has 2 rings (SSSR count). The van der Waals surface area contributed by atoms with E-state index in [2.05, 4.69) is 0 Å². The van der Waals surface area contributed by atoms with E-state index < -0.39 is 11.0 Å². The third-order valence-electron chi connectivity index (χ3n) is 2.67. The lowest BCUT2D eigenvalue weighted by molar-refractivity contribution is -0.384. The minimum Gasteiger partial charge on any atom is -0.389 e. The van der Waals surface area contributed by atoms with Gasteiger partial charge in [-0.1, -0.05) is 0 Å². The monoisotopic (exact) mass is 236 g/mol. The fraction of sp³-hybridized carbons (Fsp3) is 0.364. The predicted molar refractivity (Wildman–Crippen MR) is 59.7 cm³/mol. The highest BCUT2D eigenvalue weighted by molar-refractivity contribution is 5.95. The van der Waals surface area contributed by atoms with Crippen LogP contribution in [-0.2, 0) is 0 Å². The van der Waals surface area contributed by atoms with Crippen molar-refractivity contribution in [3.8, 4) is 0 Å². The molecule has 1 aromatic carbocycles. The number of non-ortho nitro benzene ring substituents is 1. The molecule has 90 valence electrons. The molecule has 6 nitrogen and oxygen atoms in total. The number of hydrogen-bond acceptors (Lipinski definition) is 4. The van der Waals surface area contributed by atoms with Gasteiger partial charge in [0.05, 0.1) is 11.0 Å². The Labute approximate surface area is 97.6 Å². The molecule has 17 heavy (non-hydrogen) atoms. The maximum Gasteiger partial charge on any atom is 0.270 e. The van der Waals surface area contributed by atoms with Crippen molar-refractivity contribution in [2.75, 3.05) is 13.1 Å². The van der Waals surface area contributed by atoms with Gasteiger partial charge < -0.3 is 10.0 Å². The van der Waals surface area contributed by atoms with E-state index in [4.69, 9.17) is 5.11 Å². The summed E-state index contributed by atoms with van der Waals surface area (Å²) in [6.45, 7) is 2.29. The van der Waals surface area contributed by atoms with Gasteiger partial charge in [0.2, 0.25) is 0 Å². The van der Waals surface area contributed by atoms with Crippen molar-refractivity contribution in [1.82, 2.24) is 4.90 Å². The smallest absolute Gasteiger partial charge is 0.270 e. The van der Waals surface area contributed by atoms with Crippen molar-refractivity contribution in [3.05, 3.63) is 39.4 Å². The summed E-state index contributed by atoms with van der Waals surface area (Å²) in [7, 11) is 0. The molecule has 1 amide bonds. The molecule has 0 atom stereocenters. The second-order valence-corrected chi connectivity index (χ2v) is 4.18. The SMILES string of the molecule is Cc1cc(C(=O)N2CC(O)C2)cc([N+](=O)[O-])c1. The molecule has 0 aromatic heterocycles. The number of carbonyl (C=O) groups is 1. The lowest BCUT2D eigenvalue weighted by atomic mass is 10.1. The summed E-state index contributed by atoms with van der Waals surface area (Å²) in [5.74, 6) is -0.276. The quantitative estimate of drug-likeness (QED) is 0.605. The van der Waals surface area contributed by atoms with Crippen LogP contribution in [0.15, 0.2) is 18.2 Å². The van der Waals surface area contributed by atoms with Crippen molar-refractivity contribution >= 4 is 11.6 Å². The van der Waals surface area contributed by atoms with Crippen LogP contribution in [0.3, 0.4) is 0 Å². The highest BCUT2D eigenvalue weighted by atomic mass is 16.6. The molecule has 1 aromatic rings. The largest absolute Gasteiger partial charge is 0.389 e. The third kappa shape index (κ3) is 2.26. The maximum absolute atomic E-state index is 11.9. The molecule has 0 spiro atoms. The summed E-state index contributed by atoms with van der Waals surface area (Å²) in [5, 5.41) is 19.8. The molecule has 1 N–H and O–H groups in total. The zero-order valence-corrected chi connectivity index (χ0v) is 9.29. The van der Waals surface area contributed by atoms with Crippen LogP contribution >= 0.6 is 0 Å². The molecule has 0 radical (unpaired) electrons. The van der Waals surface area contributed by atoms with E-state index in [1.54, 1.807) is 13.0 Å². The van der Waals surface area contributed by atoms with E-state index in [1.165, 1.54) is 17.0 Å². The molecule has 6 heteroatoms. The number of carbonyl (C=O) groups excluding carboxylic acids is 1. The summed E-state index contributed by atoms with van der Waals surface area (Å²) >= 11 is 0. The third-order valence-corrected chi connectivity index (χ3v) is 2.67. The number of nitro benzene ring substituents is 1. The van der Waals surface area contributed by atoms with Crippen LogP contribution in [0.4, 0.5) is 5.69 Å². The van der Waals surface area contributed by atoms with E-state index in [-0.39, 0.29) is 11.6 Å². The number of nitro groups is 1. The molecule has 1 aliphatic heterocycles. The second-order valence-electron chi connectivity index (χ2n) is 4.18. The molecule has 1 saturated heterocycles. The van der Waals surface area contributed by atoms with E-state index >= 15 is 0 Å². The Morgan fingerprint density at radius 2 is 2.12 bits per heavy atom. The molecule has 0 unspecified atom stereocenters. The Morgan fingerprint density at radius 1 is 1.47 bits per heavy atom. The predicted octanol–water partition coefficient (Wildman–Crippen LogP) is 0.720. The van der Waals surface area contributed by atoms with Gasteiger partial charge in [-0.2, -0.15) is 0 Å². The zero-order valence-electron chi connectivity index (χ0n) is 9.29. The minimum absolute atomic E-state index is 0.0885. The van der Waals surface area contributed by atoms with Crippen molar-refractivity contribution < 1.29 is 14.8 Å². The molecule has 1 aliphatic rings. The van der Waals surface area contributed by atoms with Gasteiger partial charge in [-0.25, -0.2) is 0 Å². The van der Waals surface area contributed by atoms with Crippen molar-refractivity contribution in [3.63, 3.8) is 0 Å². The maximum atomic E-state index is 11.9. The minimum atomic E-state index is -0.519. The topological polar surface area (TPSA) is 83.7 Å². The number of aryl methyl sites for hydroxylation is 1. The average Bonchev–Trinajstić information content (AvgIpc) is 2.23. The average molecular weight is 236 g/mol. The molecule has 0 aliphatic carbocycles. The zero-order chi connectivity index (χ0) is 12.6. The van der Waals surface area contributed by atoms with E-state index in [0.29, 0.717) is 24.2 Å². The first-order valence-electron chi connectivity index (χ1n) is 5.21. The Balaban J connectivity index is 2.26. The Morgan fingerprint density at radius 3 is 2.65 bits per heavy atom. The highest BCUT2D eigenvalue weighted by Crippen LogP contribution is 2.20. The number of nitrogens with zero attached hydrogens (tertiary/aromatic N) is 2. The molecule has 1 heterocycles. The summed E-state index contributed by atoms with van der Waals surface area (Å²) in [6, 6.07) is 4.29. The van der Waals surface area contributed by atoms with Gasteiger partial charge >= 0.3 is 0 Å². The van der Waals surface area contributed by atoms with Gasteiger partial charge in [0.1, 0.15) is 0 Å². The summed E-state index contributed by atoms with van der Waals surface area (Å²) < 4.78 is 0. The number of rotatable bonds is 2. The van der Waals surface area contributed by atoms with Crippen molar-refractivity contribution in [2.45, 2.75) is 13.0 Å². The standard InChI is InChI=1S/C11H12N2O4/c1-7-2-8(4-9(3-7)13(16)17)11(15)12-5-10(14)6-12/h2-4,10,14H,5-6H2,1H3. The van der Waals surface area contributed by atoms with Gasteiger partial charge in [-0.3, -0.25) is 14.9 Å².